The Morgan fingerprint density at radius 1 is 1.32 bits per heavy atom. The predicted molar refractivity (Wildman–Crippen MR) is 77.7 cm³/mol. The van der Waals surface area contributed by atoms with Gasteiger partial charge in [-0.1, -0.05) is 13.8 Å². The molecule has 22 heavy (non-hydrogen) atoms. The number of fused-ring (bicyclic) bond motifs is 2. The molecule has 0 aromatic rings. The highest BCUT2D eigenvalue weighted by atomic mass is 16.6. The van der Waals surface area contributed by atoms with Crippen LogP contribution in [0.4, 0.5) is 0 Å². The molecule has 0 bridgehead atoms. The second-order valence-electron chi connectivity index (χ2n) is 7.44. The topological polar surface area (TPSA) is 69.7 Å². The van der Waals surface area contributed by atoms with Crippen molar-refractivity contribution in [1.29, 1.82) is 0 Å². The molecule has 0 N–H and O–H groups in total. The molecule has 0 amide bonds. The van der Waals surface area contributed by atoms with E-state index >= 15 is 0 Å². The van der Waals surface area contributed by atoms with Crippen molar-refractivity contribution < 1.29 is 23.9 Å². The molecule has 3 aliphatic rings. The highest BCUT2D eigenvalue weighted by molar-refractivity contribution is 5.88. The third-order valence-electron chi connectivity index (χ3n) is 6.22. The molecular formula is C17H24O5. The number of esters is 2. The van der Waals surface area contributed by atoms with Gasteiger partial charge in [-0.2, -0.15) is 0 Å². The Morgan fingerprint density at radius 2 is 2.00 bits per heavy atom. The van der Waals surface area contributed by atoms with E-state index in [1.807, 2.05) is 13.8 Å². The van der Waals surface area contributed by atoms with Gasteiger partial charge in [-0.15, -0.1) is 0 Å². The van der Waals surface area contributed by atoms with E-state index in [0.29, 0.717) is 6.42 Å². The molecule has 1 heterocycles. The van der Waals surface area contributed by atoms with Crippen LogP contribution in [0.25, 0.3) is 0 Å². The van der Waals surface area contributed by atoms with Crippen molar-refractivity contribution in [3.63, 3.8) is 0 Å². The Morgan fingerprint density at radius 3 is 2.64 bits per heavy atom. The summed E-state index contributed by atoms with van der Waals surface area (Å²) in [5.41, 5.74) is -0.702. The summed E-state index contributed by atoms with van der Waals surface area (Å²) in [4.78, 5) is 36.4. The van der Waals surface area contributed by atoms with E-state index in [9.17, 15) is 14.4 Å². The van der Waals surface area contributed by atoms with Crippen LogP contribution in [0.3, 0.4) is 0 Å². The van der Waals surface area contributed by atoms with Crippen molar-refractivity contribution in [2.75, 3.05) is 0 Å². The number of hydrogen-bond acceptors (Lipinski definition) is 5. The Kier molecular flexibility index (Phi) is 3.57. The number of rotatable bonds is 1. The van der Waals surface area contributed by atoms with E-state index < -0.39 is 17.5 Å². The minimum Gasteiger partial charge on any atom is -0.462 e. The second kappa shape index (κ2) is 5.07. The van der Waals surface area contributed by atoms with Gasteiger partial charge in [0.15, 0.2) is 0 Å². The SMILES string of the molecule is CC(=O)OC1C2C(CC(C)C3CCC(=O)[C@]31C)OC(=O)C2C. The summed E-state index contributed by atoms with van der Waals surface area (Å²) in [6.45, 7) is 7.22. The lowest BCUT2D eigenvalue weighted by molar-refractivity contribution is -0.165. The third-order valence-corrected chi connectivity index (χ3v) is 6.22. The summed E-state index contributed by atoms with van der Waals surface area (Å²) in [5.74, 6) is -0.607. The smallest absolute Gasteiger partial charge is 0.309 e. The summed E-state index contributed by atoms with van der Waals surface area (Å²) < 4.78 is 11.2. The fourth-order valence-electron chi connectivity index (χ4n) is 5.09. The number of carbonyl (C=O) groups is 3. The number of ketones is 1. The van der Waals surface area contributed by atoms with Gasteiger partial charge < -0.3 is 9.47 Å². The fourth-order valence-corrected chi connectivity index (χ4v) is 5.09. The van der Waals surface area contributed by atoms with E-state index in [-0.39, 0.29) is 41.5 Å². The quantitative estimate of drug-likeness (QED) is 0.694. The van der Waals surface area contributed by atoms with E-state index in [0.717, 1.165) is 12.8 Å². The molecule has 6 unspecified atom stereocenters. The lowest BCUT2D eigenvalue weighted by atomic mass is 9.67. The lowest BCUT2D eigenvalue weighted by Crippen LogP contribution is -2.49. The van der Waals surface area contributed by atoms with Gasteiger partial charge in [0.1, 0.15) is 18.0 Å². The molecule has 3 fully saturated rings. The average Bonchev–Trinajstić information content (AvgIpc) is 2.84. The molecule has 0 aromatic carbocycles. The molecular weight excluding hydrogens is 284 g/mol. The van der Waals surface area contributed by atoms with Crippen molar-refractivity contribution in [3.05, 3.63) is 0 Å². The van der Waals surface area contributed by atoms with Crippen molar-refractivity contribution >= 4 is 17.7 Å². The van der Waals surface area contributed by atoms with E-state index in [4.69, 9.17) is 9.47 Å². The molecule has 1 aliphatic heterocycles. The third kappa shape index (κ3) is 2.01. The molecule has 2 saturated carbocycles. The van der Waals surface area contributed by atoms with Crippen molar-refractivity contribution in [2.24, 2.45) is 29.1 Å². The molecule has 122 valence electrons. The van der Waals surface area contributed by atoms with Crippen molar-refractivity contribution in [3.8, 4) is 0 Å². The Hall–Kier alpha value is -1.39. The van der Waals surface area contributed by atoms with Gasteiger partial charge >= 0.3 is 11.9 Å². The summed E-state index contributed by atoms with van der Waals surface area (Å²) in [5, 5.41) is 0. The van der Waals surface area contributed by atoms with Crippen molar-refractivity contribution in [2.45, 2.75) is 59.2 Å². The van der Waals surface area contributed by atoms with Crippen LogP contribution < -0.4 is 0 Å². The first-order chi connectivity index (χ1) is 10.3. The normalized spacial score (nSPS) is 47.5. The van der Waals surface area contributed by atoms with Gasteiger partial charge in [0.25, 0.3) is 0 Å². The van der Waals surface area contributed by atoms with Gasteiger partial charge in [0.2, 0.25) is 0 Å². The average molecular weight is 308 g/mol. The first kappa shape index (κ1) is 15.5. The molecule has 5 nitrogen and oxygen atoms in total. The largest absolute Gasteiger partial charge is 0.462 e. The Bertz CT molecular complexity index is 527. The van der Waals surface area contributed by atoms with Crippen LogP contribution in [0.1, 0.15) is 47.0 Å². The molecule has 5 heteroatoms. The molecule has 7 atom stereocenters. The summed E-state index contributed by atoms with van der Waals surface area (Å²) in [6, 6.07) is 0. The predicted octanol–water partition coefficient (Wildman–Crippen LogP) is 2.12. The van der Waals surface area contributed by atoms with Gasteiger partial charge in [0.05, 0.1) is 11.3 Å². The lowest BCUT2D eigenvalue weighted by Gasteiger charge is -2.40. The zero-order valence-corrected chi connectivity index (χ0v) is 13.6. The highest BCUT2D eigenvalue weighted by Crippen LogP contribution is 2.56. The summed E-state index contributed by atoms with van der Waals surface area (Å²) in [6.07, 6.45) is 1.28. The standard InChI is InChI=1S/C17H24O5/c1-8-7-12-14(9(2)16(20)22-12)15(21-10(3)18)17(4)11(8)5-6-13(17)19/h8-9,11-12,14-15H,5-7H2,1-4H3/t8?,9?,11?,12?,14?,15?,17-/m0/s1. The maximum Gasteiger partial charge on any atom is 0.309 e. The number of ether oxygens (including phenoxy) is 2. The van der Waals surface area contributed by atoms with E-state index in [1.165, 1.54) is 6.92 Å². The first-order valence-electron chi connectivity index (χ1n) is 8.17. The maximum atomic E-state index is 12.7. The Labute approximate surface area is 130 Å². The molecule has 0 aromatic heterocycles. The van der Waals surface area contributed by atoms with Crippen molar-refractivity contribution in [1.82, 2.24) is 0 Å². The van der Waals surface area contributed by atoms with Gasteiger partial charge in [0, 0.05) is 19.3 Å². The van der Waals surface area contributed by atoms with E-state index in [1.54, 1.807) is 0 Å². The van der Waals surface area contributed by atoms with Crippen LogP contribution in [0, 0.1) is 29.1 Å². The van der Waals surface area contributed by atoms with Crippen LogP contribution in [0.5, 0.6) is 0 Å². The highest BCUT2D eigenvalue weighted by Gasteiger charge is 2.63. The fraction of sp³-hybridized carbons (Fsp3) is 0.824. The number of carbonyl (C=O) groups excluding carboxylic acids is 3. The minimum absolute atomic E-state index is 0.155. The van der Waals surface area contributed by atoms with Crippen LogP contribution in [0.2, 0.25) is 0 Å². The molecule has 2 aliphatic carbocycles. The zero-order chi connectivity index (χ0) is 16.2. The van der Waals surface area contributed by atoms with Gasteiger partial charge in [-0.25, -0.2) is 0 Å². The summed E-state index contributed by atoms with van der Waals surface area (Å²) in [7, 11) is 0. The Balaban J connectivity index is 2.09. The van der Waals surface area contributed by atoms with Crippen LogP contribution in [0.15, 0.2) is 0 Å². The van der Waals surface area contributed by atoms with Crippen LogP contribution in [-0.4, -0.2) is 29.9 Å². The minimum atomic E-state index is -0.702. The molecule has 3 rings (SSSR count). The van der Waals surface area contributed by atoms with Crippen LogP contribution in [-0.2, 0) is 23.9 Å². The van der Waals surface area contributed by atoms with Crippen LogP contribution >= 0.6 is 0 Å². The molecule has 1 saturated heterocycles. The maximum absolute atomic E-state index is 12.7. The van der Waals surface area contributed by atoms with Gasteiger partial charge in [-0.05, 0) is 31.6 Å². The monoisotopic (exact) mass is 308 g/mol. The molecule has 0 spiro atoms. The first-order valence-corrected chi connectivity index (χ1v) is 8.17. The number of Topliss-reactive ketones (excluding diaryl/α,β-unsaturated/α-hetero) is 1. The molecule has 0 radical (unpaired) electrons. The van der Waals surface area contributed by atoms with E-state index in [2.05, 4.69) is 6.92 Å². The van der Waals surface area contributed by atoms with Gasteiger partial charge in [-0.3, -0.25) is 14.4 Å². The second-order valence-corrected chi connectivity index (χ2v) is 7.44. The summed E-state index contributed by atoms with van der Waals surface area (Å²) >= 11 is 0. The zero-order valence-electron chi connectivity index (χ0n) is 13.6. The number of hydrogen-bond donors (Lipinski definition) is 0.